The molecule has 2 aromatic rings. The van der Waals surface area contributed by atoms with E-state index in [2.05, 4.69) is 10.5 Å². The zero-order valence-corrected chi connectivity index (χ0v) is 12.0. The molecule has 1 N–H and O–H groups in total. The molecular weight excluding hydrogens is 282 g/mol. The number of amides is 1. The molecule has 19 heavy (non-hydrogen) atoms. The van der Waals surface area contributed by atoms with Crippen molar-refractivity contribution in [3.8, 4) is 0 Å². The molecule has 0 aliphatic carbocycles. The van der Waals surface area contributed by atoms with Gasteiger partial charge in [-0.1, -0.05) is 6.07 Å². The van der Waals surface area contributed by atoms with Gasteiger partial charge >= 0.3 is 5.91 Å². The van der Waals surface area contributed by atoms with E-state index in [9.17, 15) is 4.79 Å². The van der Waals surface area contributed by atoms with Crippen molar-refractivity contribution >= 4 is 23.5 Å². The Hall–Kier alpha value is -1.72. The van der Waals surface area contributed by atoms with Gasteiger partial charge in [-0.25, -0.2) is 5.43 Å². The Labute approximate surface area is 122 Å². The van der Waals surface area contributed by atoms with E-state index in [1.807, 2.05) is 49.0 Å². The maximum atomic E-state index is 11.6. The van der Waals surface area contributed by atoms with Crippen molar-refractivity contribution in [1.29, 1.82) is 0 Å². The predicted octanol–water partition coefficient (Wildman–Crippen LogP) is -1.50. The Morgan fingerprint density at radius 3 is 2.79 bits per heavy atom. The maximum absolute atomic E-state index is 11.6. The predicted molar refractivity (Wildman–Crippen MR) is 71.4 cm³/mol. The SMILES string of the molecule is Cc1ccsc1/C=N/NC(=O)C[n+]1ccccc1.[Cl-]. The number of carbonyl (C=O) groups is 1. The minimum absolute atomic E-state index is 0. The monoisotopic (exact) mass is 295 g/mol. The second kappa shape index (κ2) is 7.66. The van der Waals surface area contributed by atoms with E-state index in [0.717, 1.165) is 10.4 Å². The second-order valence-corrected chi connectivity index (χ2v) is 4.76. The van der Waals surface area contributed by atoms with E-state index < -0.39 is 0 Å². The van der Waals surface area contributed by atoms with Crippen molar-refractivity contribution in [3.63, 3.8) is 0 Å². The molecule has 0 aromatic carbocycles. The minimum Gasteiger partial charge on any atom is -1.00 e. The van der Waals surface area contributed by atoms with Crippen LogP contribution in [0.5, 0.6) is 0 Å². The van der Waals surface area contributed by atoms with Crippen molar-refractivity contribution in [3.05, 3.63) is 52.5 Å². The Morgan fingerprint density at radius 2 is 2.16 bits per heavy atom. The molecule has 0 saturated carbocycles. The van der Waals surface area contributed by atoms with Crippen LogP contribution in [-0.4, -0.2) is 12.1 Å². The summed E-state index contributed by atoms with van der Waals surface area (Å²) in [4.78, 5) is 12.6. The summed E-state index contributed by atoms with van der Waals surface area (Å²) < 4.78 is 1.79. The van der Waals surface area contributed by atoms with Crippen molar-refractivity contribution in [2.75, 3.05) is 0 Å². The second-order valence-electron chi connectivity index (χ2n) is 3.81. The van der Waals surface area contributed by atoms with Crippen LogP contribution in [0.15, 0.2) is 47.1 Å². The molecule has 0 spiro atoms. The molecule has 0 unspecified atom stereocenters. The van der Waals surface area contributed by atoms with Gasteiger partial charge in [-0.2, -0.15) is 9.67 Å². The molecule has 0 radical (unpaired) electrons. The highest BCUT2D eigenvalue weighted by Gasteiger charge is 2.06. The van der Waals surface area contributed by atoms with Crippen LogP contribution in [0.4, 0.5) is 0 Å². The Bertz CT molecular complexity index is 554. The molecule has 2 rings (SSSR count). The lowest BCUT2D eigenvalue weighted by atomic mass is 10.3. The number of hydrogen-bond donors (Lipinski definition) is 1. The average molecular weight is 296 g/mol. The number of hydrogen-bond acceptors (Lipinski definition) is 3. The number of rotatable bonds is 4. The van der Waals surface area contributed by atoms with Gasteiger partial charge in [0.15, 0.2) is 12.4 Å². The molecule has 1 amide bonds. The van der Waals surface area contributed by atoms with Crippen LogP contribution >= 0.6 is 11.3 Å². The number of aromatic nitrogens is 1. The summed E-state index contributed by atoms with van der Waals surface area (Å²) in [5, 5.41) is 5.94. The maximum Gasteiger partial charge on any atom is 0.305 e. The van der Waals surface area contributed by atoms with Gasteiger partial charge < -0.3 is 12.4 Å². The summed E-state index contributed by atoms with van der Waals surface area (Å²) in [5.41, 5.74) is 3.68. The van der Waals surface area contributed by atoms with Crippen LogP contribution in [0, 0.1) is 6.92 Å². The lowest BCUT2D eigenvalue weighted by Gasteiger charge is -1.96. The van der Waals surface area contributed by atoms with Crippen LogP contribution < -0.4 is 22.4 Å². The van der Waals surface area contributed by atoms with Crippen molar-refractivity contribution in [1.82, 2.24) is 5.43 Å². The molecule has 0 aliphatic heterocycles. The third-order valence-electron chi connectivity index (χ3n) is 2.38. The van der Waals surface area contributed by atoms with Gasteiger partial charge in [0.25, 0.3) is 0 Å². The number of hydrazone groups is 1. The highest BCUT2D eigenvalue weighted by Crippen LogP contribution is 2.12. The summed E-state index contributed by atoms with van der Waals surface area (Å²) in [6.07, 6.45) is 5.35. The average Bonchev–Trinajstić information content (AvgIpc) is 2.76. The van der Waals surface area contributed by atoms with E-state index in [4.69, 9.17) is 0 Å². The van der Waals surface area contributed by atoms with Crippen LogP contribution in [0.2, 0.25) is 0 Å². The Kier molecular flexibility index (Phi) is 6.18. The topological polar surface area (TPSA) is 45.3 Å². The first-order valence-electron chi connectivity index (χ1n) is 5.56. The zero-order chi connectivity index (χ0) is 12.8. The minimum atomic E-state index is -0.142. The van der Waals surface area contributed by atoms with E-state index in [1.165, 1.54) is 0 Å². The highest BCUT2D eigenvalue weighted by atomic mass is 35.5. The first-order valence-corrected chi connectivity index (χ1v) is 6.44. The van der Waals surface area contributed by atoms with Gasteiger partial charge in [0.05, 0.1) is 6.21 Å². The zero-order valence-electron chi connectivity index (χ0n) is 10.4. The summed E-state index contributed by atoms with van der Waals surface area (Å²) in [6.45, 7) is 2.28. The molecule has 0 bridgehead atoms. The van der Waals surface area contributed by atoms with E-state index >= 15 is 0 Å². The normalized spacial score (nSPS) is 10.2. The Morgan fingerprint density at radius 1 is 1.42 bits per heavy atom. The van der Waals surface area contributed by atoms with Crippen LogP contribution in [0.25, 0.3) is 0 Å². The largest absolute Gasteiger partial charge is 1.00 e. The third-order valence-corrected chi connectivity index (χ3v) is 3.33. The molecule has 0 aliphatic rings. The van der Waals surface area contributed by atoms with Crippen molar-refractivity contribution in [2.45, 2.75) is 13.5 Å². The van der Waals surface area contributed by atoms with Gasteiger partial charge in [-0.3, -0.25) is 4.79 Å². The lowest BCUT2D eigenvalue weighted by molar-refractivity contribution is -0.684. The number of nitrogens with zero attached hydrogens (tertiary/aromatic N) is 2. The molecule has 6 heteroatoms. The first kappa shape index (κ1) is 15.3. The number of carbonyl (C=O) groups excluding carboxylic acids is 1. The molecule has 100 valence electrons. The molecule has 0 saturated heterocycles. The fourth-order valence-corrected chi connectivity index (χ4v) is 2.21. The van der Waals surface area contributed by atoms with E-state index in [1.54, 1.807) is 22.1 Å². The quantitative estimate of drug-likeness (QED) is 0.416. The van der Waals surface area contributed by atoms with Gasteiger partial charge in [-0.15, -0.1) is 11.3 Å². The third kappa shape index (κ3) is 4.81. The fourth-order valence-electron chi connectivity index (χ4n) is 1.42. The summed E-state index contributed by atoms with van der Waals surface area (Å²) in [7, 11) is 0. The molecule has 2 heterocycles. The smallest absolute Gasteiger partial charge is 0.305 e. The number of pyridine rings is 1. The summed E-state index contributed by atoms with van der Waals surface area (Å²) in [6, 6.07) is 7.69. The van der Waals surface area contributed by atoms with Gasteiger partial charge in [0.1, 0.15) is 0 Å². The Balaban J connectivity index is 0.00000180. The van der Waals surface area contributed by atoms with Crippen LogP contribution in [0.1, 0.15) is 10.4 Å². The summed E-state index contributed by atoms with van der Waals surface area (Å²) in [5.74, 6) is -0.142. The van der Waals surface area contributed by atoms with Crippen molar-refractivity contribution < 1.29 is 21.8 Å². The van der Waals surface area contributed by atoms with Crippen LogP contribution in [0.3, 0.4) is 0 Å². The molecule has 4 nitrogen and oxygen atoms in total. The standard InChI is InChI=1S/C13H13N3OS.ClH/c1-11-5-8-18-12(11)9-14-15-13(17)10-16-6-3-2-4-7-16;/h2-9H,10H2,1H3;1H/b14-9+;. The lowest BCUT2D eigenvalue weighted by Crippen LogP contribution is -3.00. The highest BCUT2D eigenvalue weighted by molar-refractivity contribution is 7.11. The number of thiophene rings is 1. The van der Waals surface area contributed by atoms with Gasteiger partial charge in [0, 0.05) is 17.0 Å². The fraction of sp³-hybridized carbons (Fsp3) is 0.154. The van der Waals surface area contributed by atoms with Gasteiger partial charge in [0.2, 0.25) is 6.54 Å². The number of nitrogens with one attached hydrogen (secondary N) is 1. The molecule has 0 atom stereocenters. The first-order chi connectivity index (χ1) is 8.75. The molecular formula is C13H14ClN3OS. The molecule has 2 aromatic heterocycles. The van der Waals surface area contributed by atoms with Crippen LogP contribution in [-0.2, 0) is 11.3 Å². The van der Waals surface area contributed by atoms with E-state index in [0.29, 0.717) is 0 Å². The summed E-state index contributed by atoms with van der Waals surface area (Å²) >= 11 is 1.60. The van der Waals surface area contributed by atoms with Gasteiger partial charge in [-0.05, 0) is 23.9 Å². The number of halogens is 1. The number of aryl methyl sites for hydroxylation is 1. The van der Waals surface area contributed by atoms with E-state index in [-0.39, 0.29) is 24.9 Å². The molecule has 0 fully saturated rings. The van der Waals surface area contributed by atoms with Crippen molar-refractivity contribution in [2.24, 2.45) is 5.10 Å².